The van der Waals surface area contributed by atoms with E-state index in [0.29, 0.717) is 6.61 Å². The van der Waals surface area contributed by atoms with Crippen LogP contribution >= 0.6 is 0 Å². The lowest BCUT2D eigenvalue weighted by atomic mass is 9.89. The fourth-order valence-electron chi connectivity index (χ4n) is 3.64. The van der Waals surface area contributed by atoms with E-state index in [1.165, 1.54) is 25.7 Å². The molecule has 0 aromatic carbocycles. The Bertz CT molecular complexity index is 375. The molecule has 148 valence electrons. The number of methoxy groups -OCH3 is 1. The number of carbonyl (C=O) groups excluding carboxylic acids is 1. The highest BCUT2D eigenvalue weighted by molar-refractivity contribution is 5.71. The van der Waals surface area contributed by atoms with Crippen molar-refractivity contribution in [2.24, 2.45) is 23.5 Å². The summed E-state index contributed by atoms with van der Waals surface area (Å²) in [6.07, 6.45) is 6.46. The predicted octanol–water partition coefficient (Wildman–Crippen LogP) is 3.54. The molecular weight excluding hydrogens is 318 g/mol. The smallest absolute Gasteiger partial charge is 0.320 e. The molecule has 1 aliphatic heterocycles. The Morgan fingerprint density at radius 3 is 2.44 bits per heavy atom. The third-order valence-corrected chi connectivity index (χ3v) is 5.19. The number of hydrogen-bond acceptors (Lipinski definition) is 5. The van der Waals surface area contributed by atoms with Crippen molar-refractivity contribution in [2.45, 2.75) is 84.5 Å². The first kappa shape index (κ1) is 22.4. The van der Waals surface area contributed by atoms with Crippen LogP contribution in [0.15, 0.2) is 0 Å². The van der Waals surface area contributed by atoms with Gasteiger partial charge in [-0.1, -0.05) is 59.8 Å². The summed E-state index contributed by atoms with van der Waals surface area (Å²) in [4.78, 5) is 11.7. The van der Waals surface area contributed by atoms with Crippen LogP contribution in [-0.2, 0) is 19.0 Å². The highest BCUT2D eigenvalue weighted by atomic mass is 16.6. The lowest BCUT2D eigenvalue weighted by Gasteiger charge is -2.40. The van der Waals surface area contributed by atoms with Crippen molar-refractivity contribution in [2.75, 3.05) is 20.3 Å². The molecule has 0 aromatic rings. The summed E-state index contributed by atoms with van der Waals surface area (Å²) < 4.78 is 17.1. The van der Waals surface area contributed by atoms with Gasteiger partial charge in [-0.2, -0.15) is 0 Å². The Balaban J connectivity index is 2.46. The first-order chi connectivity index (χ1) is 11.9. The van der Waals surface area contributed by atoms with Gasteiger partial charge >= 0.3 is 5.97 Å². The Kier molecular flexibility index (Phi) is 10.6. The van der Waals surface area contributed by atoms with Crippen LogP contribution in [0.2, 0.25) is 0 Å². The molecule has 0 spiro atoms. The van der Waals surface area contributed by atoms with Crippen LogP contribution in [0, 0.1) is 17.8 Å². The van der Waals surface area contributed by atoms with Crippen LogP contribution in [0.25, 0.3) is 0 Å². The number of hydrogen-bond donors (Lipinski definition) is 1. The molecule has 0 aliphatic carbocycles. The molecular formula is C20H39NO4. The molecule has 1 aliphatic rings. The van der Waals surface area contributed by atoms with Crippen molar-refractivity contribution < 1.29 is 19.0 Å². The number of carbonyl (C=O) groups is 1. The third-order valence-electron chi connectivity index (χ3n) is 5.19. The molecule has 1 fully saturated rings. The Morgan fingerprint density at radius 1 is 1.16 bits per heavy atom. The van der Waals surface area contributed by atoms with E-state index in [1.807, 2.05) is 0 Å². The monoisotopic (exact) mass is 357 g/mol. The van der Waals surface area contributed by atoms with Gasteiger partial charge in [-0.25, -0.2) is 0 Å². The molecule has 1 unspecified atom stereocenters. The van der Waals surface area contributed by atoms with Crippen molar-refractivity contribution in [3.8, 4) is 0 Å². The zero-order chi connectivity index (χ0) is 18.8. The normalized spacial score (nSPS) is 28.1. The van der Waals surface area contributed by atoms with Gasteiger partial charge in [-0.05, 0) is 18.3 Å². The van der Waals surface area contributed by atoms with Crippen LogP contribution in [0.5, 0.6) is 0 Å². The maximum Gasteiger partial charge on any atom is 0.320 e. The van der Waals surface area contributed by atoms with Gasteiger partial charge in [0.15, 0.2) is 6.10 Å². The van der Waals surface area contributed by atoms with Gasteiger partial charge in [0.1, 0.15) is 6.10 Å². The molecule has 0 radical (unpaired) electrons. The molecule has 1 heterocycles. The summed E-state index contributed by atoms with van der Waals surface area (Å²) in [6.45, 7) is 9.48. The highest BCUT2D eigenvalue weighted by Crippen LogP contribution is 2.29. The van der Waals surface area contributed by atoms with Crippen molar-refractivity contribution in [3.05, 3.63) is 0 Å². The fraction of sp³-hybridized carbons (Fsp3) is 0.950. The van der Waals surface area contributed by atoms with Crippen molar-refractivity contribution in [3.63, 3.8) is 0 Å². The second kappa shape index (κ2) is 11.9. The molecule has 0 bridgehead atoms. The van der Waals surface area contributed by atoms with Gasteiger partial charge in [0, 0.05) is 13.0 Å². The molecule has 5 nitrogen and oxygen atoms in total. The summed E-state index contributed by atoms with van der Waals surface area (Å²) >= 11 is 0. The number of nitrogens with two attached hydrogens (primary N) is 1. The topological polar surface area (TPSA) is 70.8 Å². The number of esters is 1. The molecule has 5 atom stereocenters. The fourth-order valence-corrected chi connectivity index (χ4v) is 3.64. The van der Waals surface area contributed by atoms with Crippen molar-refractivity contribution >= 4 is 5.97 Å². The summed E-state index contributed by atoms with van der Waals surface area (Å²) in [7, 11) is 1.67. The van der Waals surface area contributed by atoms with Gasteiger partial charge in [-0.15, -0.1) is 0 Å². The Labute approximate surface area is 154 Å². The van der Waals surface area contributed by atoms with Gasteiger partial charge in [0.25, 0.3) is 0 Å². The first-order valence-electron chi connectivity index (χ1n) is 9.92. The Morgan fingerprint density at radius 2 is 1.84 bits per heavy atom. The van der Waals surface area contributed by atoms with Crippen LogP contribution in [-0.4, -0.2) is 44.5 Å². The quantitative estimate of drug-likeness (QED) is 0.573. The standard InChI is InChI=1S/C20H39NO4/c1-14(2)8-6-9-15(3)10-7-11-17-20(25-18(22)12-21)19(23-5)16(4)13-24-17/h14-17,19-20H,6-13,21H2,1-5H3/t15?,16-,17-,19+,20+/m0/s1. The molecule has 0 saturated carbocycles. The zero-order valence-corrected chi connectivity index (χ0v) is 16.8. The van der Waals surface area contributed by atoms with Crippen LogP contribution in [0.1, 0.15) is 66.2 Å². The lowest BCUT2D eigenvalue weighted by molar-refractivity contribution is -0.199. The van der Waals surface area contributed by atoms with Crippen LogP contribution in [0.3, 0.4) is 0 Å². The second-order valence-corrected chi connectivity index (χ2v) is 8.07. The largest absolute Gasteiger partial charge is 0.456 e. The SMILES string of the molecule is CO[C@H]1[C@H](OC(=O)CN)[C@H](CCCC(C)CCCC(C)C)OC[C@@H]1C. The van der Waals surface area contributed by atoms with Crippen LogP contribution in [0.4, 0.5) is 0 Å². The van der Waals surface area contributed by atoms with E-state index in [1.54, 1.807) is 7.11 Å². The molecule has 5 heteroatoms. The molecule has 2 N–H and O–H groups in total. The zero-order valence-electron chi connectivity index (χ0n) is 16.8. The summed E-state index contributed by atoms with van der Waals surface area (Å²) in [5, 5.41) is 0. The van der Waals surface area contributed by atoms with E-state index in [9.17, 15) is 4.79 Å². The Hall–Kier alpha value is -0.650. The van der Waals surface area contributed by atoms with E-state index >= 15 is 0 Å². The number of ether oxygens (including phenoxy) is 3. The molecule has 0 amide bonds. The third kappa shape index (κ3) is 8.06. The maximum absolute atomic E-state index is 11.7. The van der Waals surface area contributed by atoms with Gasteiger partial charge in [0.2, 0.25) is 0 Å². The minimum Gasteiger partial charge on any atom is -0.456 e. The summed E-state index contributed by atoms with van der Waals surface area (Å²) in [5.74, 6) is 1.32. The van der Waals surface area contributed by atoms with E-state index in [-0.39, 0.29) is 30.8 Å². The van der Waals surface area contributed by atoms with Gasteiger partial charge in [-0.3, -0.25) is 4.79 Å². The highest BCUT2D eigenvalue weighted by Gasteiger charge is 2.41. The minimum absolute atomic E-state index is 0.0977. The predicted molar refractivity (Wildman–Crippen MR) is 100 cm³/mol. The summed E-state index contributed by atoms with van der Waals surface area (Å²) in [5.41, 5.74) is 5.41. The van der Waals surface area contributed by atoms with Crippen molar-refractivity contribution in [1.82, 2.24) is 0 Å². The van der Waals surface area contributed by atoms with Gasteiger partial charge in [0.05, 0.1) is 19.3 Å². The summed E-state index contributed by atoms with van der Waals surface area (Å²) in [6, 6.07) is 0. The van der Waals surface area contributed by atoms with E-state index in [4.69, 9.17) is 19.9 Å². The van der Waals surface area contributed by atoms with E-state index < -0.39 is 5.97 Å². The minimum atomic E-state index is -0.392. The van der Waals surface area contributed by atoms with Crippen LogP contribution < -0.4 is 5.73 Å². The first-order valence-corrected chi connectivity index (χ1v) is 9.92. The average Bonchev–Trinajstić information content (AvgIpc) is 2.56. The number of rotatable bonds is 11. The molecule has 1 rings (SSSR count). The van der Waals surface area contributed by atoms with E-state index in [2.05, 4.69) is 27.7 Å². The van der Waals surface area contributed by atoms with Gasteiger partial charge < -0.3 is 19.9 Å². The molecule has 1 saturated heterocycles. The lowest BCUT2D eigenvalue weighted by Crippen LogP contribution is -2.52. The molecule has 0 aromatic heterocycles. The maximum atomic E-state index is 11.7. The molecule has 25 heavy (non-hydrogen) atoms. The van der Waals surface area contributed by atoms with Crippen molar-refractivity contribution in [1.29, 1.82) is 0 Å². The average molecular weight is 358 g/mol. The second-order valence-electron chi connectivity index (χ2n) is 8.07. The van der Waals surface area contributed by atoms with E-state index in [0.717, 1.165) is 24.7 Å².